The van der Waals surface area contributed by atoms with Crippen molar-refractivity contribution in [2.45, 2.75) is 105 Å². The number of ether oxygens (including phenoxy) is 1. The average Bonchev–Trinajstić information content (AvgIpc) is 2.98. The Kier molecular flexibility index (Phi) is 12.8. The van der Waals surface area contributed by atoms with Crippen molar-refractivity contribution in [1.29, 1.82) is 0 Å². The number of unbranched alkanes of at least 4 members (excludes halogenated alkanes) is 4. The third kappa shape index (κ3) is 9.83. The Hall–Kier alpha value is -3.87. The van der Waals surface area contributed by atoms with E-state index in [0.717, 1.165) is 54.0 Å². The van der Waals surface area contributed by atoms with Gasteiger partial charge in [0.15, 0.2) is 0 Å². The summed E-state index contributed by atoms with van der Waals surface area (Å²) in [6.45, 7) is 13.8. The highest BCUT2D eigenvalue weighted by Gasteiger charge is 2.38. The van der Waals surface area contributed by atoms with Crippen molar-refractivity contribution in [3.05, 3.63) is 77.9 Å². The minimum atomic E-state index is -0.895. The third-order valence-electron chi connectivity index (χ3n) is 8.00. The zero-order chi connectivity index (χ0) is 32.3. The van der Waals surface area contributed by atoms with Crippen molar-refractivity contribution in [2.75, 3.05) is 11.9 Å². The van der Waals surface area contributed by atoms with Crippen LogP contribution >= 0.6 is 0 Å². The highest BCUT2D eigenvalue weighted by Crippen LogP contribution is 2.29. The molecule has 0 saturated carbocycles. The summed E-state index contributed by atoms with van der Waals surface area (Å²) in [5.74, 6) is -0.766. The zero-order valence-electron chi connectivity index (χ0n) is 27.6. The van der Waals surface area contributed by atoms with Gasteiger partial charge in [0.1, 0.15) is 17.7 Å². The van der Waals surface area contributed by atoms with Crippen LogP contribution in [0.3, 0.4) is 0 Å². The topological polar surface area (TPSA) is 87.7 Å². The van der Waals surface area contributed by atoms with Crippen molar-refractivity contribution >= 4 is 34.4 Å². The maximum atomic E-state index is 14.6. The minimum absolute atomic E-state index is 0.182. The number of benzene rings is 3. The molecule has 0 saturated heterocycles. The number of hydrogen-bond donors (Lipinski definition) is 2. The Bertz CT molecular complexity index is 1400. The van der Waals surface area contributed by atoms with Gasteiger partial charge in [-0.1, -0.05) is 107 Å². The lowest BCUT2D eigenvalue weighted by Gasteiger charge is -2.36. The Morgan fingerprint density at radius 2 is 1.52 bits per heavy atom. The molecule has 7 heteroatoms. The second-order valence-electron chi connectivity index (χ2n) is 12.8. The number of amides is 3. The molecular weight excluding hydrogens is 550 g/mol. The molecule has 0 radical (unpaired) electrons. The van der Waals surface area contributed by atoms with E-state index in [4.69, 9.17) is 4.74 Å². The van der Waals surface area contributed by atoms with Gasteiger partial charge in [-0.3, -0.25) is 9.59 Å². The third-order valence-corrected chi connectivity index (χ3v) is 8.00. The number of aryl methyl sites for hydroxylation is 1. The van der Waals surface area contributed by atoms with Gasteiger partial charge in [0, 0.05) is 12.2 Å². The summed E-state index contributed by atoms with van der Waals surface area (Å²) < 4.78 is 5.54. The van der Waals surface area contributed by atoms with Gasteiger partial charge in [-0.2, -0.15) is 0 Å². The van der Waals surface area contributed by atoms with Crippen molar-refractivity contribution < 1.29 is 19.1 Å². The van der Waals surface area contributed by atoms with Gasteiger partial charge in [-0.25, -0.2) is 4.79 Å². The van der Waals surface area contributed by atoms with E-state index in [-0.39, 0.29) is 17.7 Å². The minimum Gasteiger partial charge on any atom is -0.444 e. The largest absolute Gasteiger partial charge is 0.444 e. The van der Waals surface area contributed by atoms with Gasteiger partial charge in [0.2, 0.25) is 5.91 Å². The lowest BCUT2D eigenvalue weighted by atomic mass is 9.94. The number of anilines is 1. The van der Waals surface area contributed by atoms with E-state index < -0.39 is 23.8 Å². The van der Waals surface area contributed by atoms with E-state index in [1.165, 1.54) is 0 Å². The molecular formula is C37H51N3O4. The van der Waals surface area contributed by atoms with Crippen LogP contribution in [-0.2, 0) is 14.3 Å². The first-order valence-corrected chi connectivity index (χ1v) is 16.1. The monoisotopic (exact) mass is 601 g/mol. The lowest BCUT2D eigenvalue weighted by Crippen LogP contribution is -2.55. The number of rotatable bonds is 14. The Morgan fingerprint density at radius 3 is 2.18 bits per heavy atom. The summed E-state index contributed by atoms with van der Waals surface area (Å²) in [5.41, 5.74) is 1.62. The van der Waals surface area contributed by atoms with Gasteiger partial charge in [-0.05, 0) is 74.1 Å². The SMILES string of the molecule is CCCCCCCN(C(=O)C(NC(=O)OC(C)(C)C)C(C)CC)C(C(=O)Nc1ccc2ccccc2c1)c1ccccc1C. The smallest absolute Gasteiger partial charge is 0.408 e. The van der Waals surface area contributed by atoms with Crippen LogP contribution in [0.4, 0.5) is 10.5 Å². The maximum Gasteiger partial charge on any atom is 0.408 e. The highest BCUT2D eigenvalue weighted by atomic mass is 16.6. The molecule has 3 unspecified atom stereocenters. The summed E-state index contributed by atoms with van der Waals surface area (Å²) in [5, 5.41) is 8.07. The number of fused-ring (bicyclic) bond motifs is 1. The summed E-state index contributed by atoms with van der Waals surface area (Å²) >= 11 is 0. The van der Waals surface area contributed by atoms with Crippen LogP contribution in [0.25, 0.3) is 10.8 Å². The van der Waals surface area contributed by atoms with E-state index >= 15 is 0 Å². The first-order chi connectivity index (χ1) is 20.9. The second-order valence-corrected chi connectivity index (χ2v) is 12.8. The van der Waals surface area contributed by atoms with E-state index in [0.29, 0.717) is 18.7 Å². The molecule has 0 aromatic heterocycles. The lowest BCUT2D eigenvalue weighted by molar-refractivity contribution is -0.142. The summed E-state index contributed by atoms with van der Waals surface area (Å²) in [4.78, 5) is 43.6. The number of carbonyl (C=O) groups excluding carboxylic acids is 3. The molecule has 3 atom stereocenters. The first kappa shape index (κ1) is 34.6. The van der Waals surface area contributed by atoms with Crippen molar-refractivity contribution in [3.8, 4) is 0 Å². The molecule has 3 aromatic carbocycles. The fraction of sp³-hybridized carbons (Fsp3) is 0.486. The van der Waals surface area contributed by atoms with Gasteiger partial charge in [0.25, 0.3) is 5.91 Å². The molecule has 3 rings (SSSR count). The van der Waals surface area contributed by atoms with E-state index in [2.05, 4.69) is 17.6 Å². The molecule has 2 N–H and O–H groups in total. The normalized spacial score (nSPS) is 13.5. The summed E-state index contributed by atoms with van der Waals surface area (Å²) in [7, 11) is 0. The molecule has 3 amide bonds. The van der Waals surface area contributed by atoms with E-state index in [1.54, 1.807) is 25.7 Å². The van der Waals surface area contributed by atoms with Crippen LogP contribution in [0.2, 0.25) is 0 Å². The zero-order valence-corrected chi connectivity index (χ0v) is 27.6. The average molecular weight is 602 g/mol. The Labute approximate surface area is 263 Å². The number of carbonyl (C=O) groups is 3. The van der Waals surface area contributed by atoms with Crippen LogP contribution in [-0.4, -0.2) is 41.0 Å². The predicted octanol–water partition coefficient (Wildman–Crippen LogP) is 8.57. The molecule has 0 spiro atoms. The van der Waals surface area contributed by atoms with Gasteiger partial charge in [0.05, 0.1) is 0 Å². The van der Waals surface area contributed by atoms with Gasteiger partial charge < -0.3 is 20.3 Å². The quantitative estimate of drug-likeness (QED) is 0.181. The van der Waals surface area contributed by atoms with Gasteiger partial charge in [-0.15, -0.1) is 0 Å². The molecule has 0 aliphatic carbocycles. The van der Waals surface area contributed by atoms with Gasteiger partial charge >= 0.3 is 6.09 Å². The Balaban J connectivity index is 2.04. The molecule has 0 heterocycles. The predicted molar refractivity (Wildman–Crippen MR) is 180 cm³/mol. The fourth-order valence-corrected chi connectivity index (χ4v) is 5.37. The molecule has 3 aromatic rings. The number of alkyl carbamates (subject to hydrolysis) is 1. The van der Waals surface area contributed by atoms with Crippen LogP contribution in [0.5, 0.6) is 0 Å². The number of nitrogens with zero attached hydrogens (tertiary/aromatic N) is 1. The van der Waals surface area contributed by atoms with E-state index in [9.17, 15) is 14.4 Å². The molecule has 0 aliphatic heterocycles. The van der Waals surface area contributed by atoms with Crippen LogP contribution in [0.1, 0.15) is 97.2 Å². The molecule has 0 fully saturated rings. The van der Waals surface area contributed by atoms with Crippen LogP contribution in [0, 0.1) is 12.8 Å². The van der Waals surface area contributed by atoms with E-state index in [1.807, 2.05) is 87.5 Å². The van der Waals surface area contributed by atoms with Crippen LogP contribution < -0.4 is 10.6 Å². The fourth-order valence-electron chi connectivity index (χ4n) is 5.37. The molecule has 44 heavy (non-hydrogen) atoms. The highest BCUT2D eigenvalue weighted by molar-refractivity contribution is 6.00. The summed E-state index contributed by atoms with van der Waals surface area (Å²) in [6, 6.07) is 19.8. The number of hydrogen-bond acceptors (Lipinski definition) is 4. The summed E-state index contributed by atoms with van der Waals surface area (Å²) in [6.07, 6.45) is 4.99. The second kappa shape index (κ2) is 16.3. The van der Waals surface area contributed by atoms with Crippen molar-refractivity contribution in [2.24, 2.45) is 5.92 Å². The standard InChI is InChI=1S/C37H51N3O4/c1-8-10-11-12-17-24-40(35(42)32(26(3)9-2)39-36(43)44-37(5,6)7)33(31-21-16-13-18-27(31)4)34(41)38-30-23-22-28-19-14-15-20-29(28)25-30/h13-16,18-23,25-26,32-33H,8-12,17,24H2,1-7H3,(H,38,41)(H,39,43). The Morgan fingerprint density at radius 1 is 0.864 bits per heavy atom. The van der Waals surface area contributed by atoms with Crippen LogP contribution in [0.15, 0.2) is 66.7 Å². The molecule has 238 valence electrons. The first-order valence-electron chi connectivity index (χ1n) is 16.1. The maximum absolute atomic E-state index is 14.6. The number of nitrogens with one attached hydrogen (secondary N) is 2. The molecule has 7 nitrogen and oxygen atoms in total. The molecule has 0 bridgehead atoms. The molecule has 0 aliphatic rings. The van der Waals surface area contributed by atoms with Crippen molar-refractivity contribution in [1.82, 2.24) is 10.2 Å². The van der Waals surface area contributed by atoms with Crippen molar-refractivity contribution in [3.63, 3.8) is 0 Å².